The van der Waals surface area contributed by atoms with Gasteiger partial charge < -0.3 is 10.5 Å². The van der Waals surface area contributed by atoms with Crippen LogP contribution in [0.2, 0.25) is 5.02 Å². The van der Waals surface area contributed by atoms with Crippen LogP contribution in [0.25, 0.3) is 0 Å². The molecule has 1 heterocycles. The van der Waals surface area contributed by atoms with Crippen molar-refractivity contribution < 1.29 is 9.13 Å². The summed E-state index contributed by atoms with van der Waals surface area (Å²) in [5.41, 5.74) is 7.55. The van der Waals surface area contributed by atoms with Gasteiger partial charge in [0.15, 0.2) is 0 Å². The molecule has 98 valence electrons. The molecule has 0 saturated heterocycles. The third-order valence-electron chi connectivity index (χ3n) is 3.36. The molecule has 1 unspecified atom stereocenters. The van der Waals surface area contributed by atoms with Crippen LogP contribution in [0.15, 0.2) is 42.5 Å². The van der Waals surface area contributed by atoms with Crippen LogP contribution < -0.4 is 10.5 Å². The Morgan fingerprint density at radius 3 is 2.74 bits per heavy atom. The smallest absolute Gasteiger partial charge is 0.130 e. The summed E-state index contributed by atoms with van der Waals surface area (Å²) in [6.07, 6.45) is 0.179. The summed E-state index contributed by atoms with van der Waals surface area (Å²) < 4.78 is 19.6. The highest BCUT2D eigenvalue weighted by Crippen LogP contribution is 2.41. The van der Waals surface area contributed by atoms with Crippen LogP contribution in [0.3, 0.4) is 0 Å². The van der Waals surface area contributed by atoms with E-state index < -0.39 is 0 Å². The lowest BCUT2D eigenvalue weighted by molar-refractivity contribution is 0.157. The number of nitrogens with two attached hydrogens (primary N) is 1. The Balaban J connectivity index is 1.97. The minimum Gasteiger partial charge on any atom is -0.485 e. The van der Waals surface area contributed by atoms with E-state index in [0.717, 1.165) is 5.56 Å². The van der Waals surface area contributed by atoms with E-state index in [1.807, 2.05) is 0 Å². The molecule has 2 aromatic carbocycles. The van der Waals surface area contributed by atoms with E-state index in [1.54, 1.807) is 36.4 Å². The molecule has 4 heteroatoms. The summed E-state index contributed by atoms with van der Waals surface area (Å²) >= 11 is 5.95. The highest BCUT2D eigenvalue weighted by Gasteiger charge is 2.28. The van der Waals surface area contributed by atoms with Gasteiger partial charge in [0.1, 0.15) is 17.7 Å². The standard InChI is InChI=1S/C15H13ClFNO/c16-9-5-6-14-11(7-9)13(18)8-15(19-14)10-3-1-2-4-12(10)17/h1-7,13,15H,8,18H2/t13-,15?/m1/s1. The molecule has 0 fully saturated rings. The summed E-state index contributed by atoms with van der Waals surface area (Å²) in [6, 6.07) is 11.8. The lowest BCUT2D eigenvalue weighted by atomic mass is 9.93. The van der Waals surface area contributed by atoms with E-state index >= 15 is 0 Å². The molecule has 3 rings (SSSR count). The minimum atomic E-state index is -0.357. The Labute approximate surface area is 115 Å². The Bertz CT molecular complexity index is 617. The van der Waals surface area contributed by atoms with E-state index in [1.165, 1.54) is 6.07 Å². The first kappa shape index (κ1) is 12.5. The van der Waals surface area contributed by atoms with Crippen LogP contribution in [0.4, 0.5) is 4.39 Å². The maximum Gasteiger partial charge on any atom is 0.130 e. The second-order valence-corrected chi connectivity index (χ2v) is 5.09. The largest absolute Gasteiger partial charge is 0.485 e. The predicted octanol–water partition coefficient (Wildman–Crippen LogP) is 4.00. The molecular formula is C15H13ClFNO. The quantitative estimate of drug-likeness (QED) is 0.855. The third-order valence-corrected chi connectivity index (χ3v) is 3.60. The first-order chi connectivity index (χ1) is 9.15. The molecular weight excluding hydrogens is 265 g/mol. The van der Waals surface area contributed by atoms with Crippen molar-refractivity contribution in [3.8, 4) is 5.75 Å². The van der Waals surface area contributed by atoms with Crippen molar-refractivity contribution in [1.82, 2.24) is 0 Å². The third kappa shape index (κ3) is 2.31. The van der Waals surface area contributed by atoms with Gasteiger partial charge in [-0.25, -0.2) is 4.39 Å². The van der Waals surface area contributed by atoms with Crippen LogP contribution >= 0.6 is 11.6 Å². The first-order valence-corrected chi connectivity index (χ1v) is 6.49. The fourth-order valence-electron chi connectivity index (χ4n) is 2.40. The molecule has 0 saturated carbocycles. The highest BCUT2D eigenvalue weighted by atomic mass is 35.5. The Morgan fingerprint density at radius 2 is 1.95 bits per heavy atom. The summed E-state index contributed by atoms with van der Waals surface area (Å²) in [5, 5.41) is 0.627. The van der Waals surface area contributed by atoms with Gasteiger partial charge in [0.2, 0.25) is 0 Å². The van der Waals surface area contributed by atoms with Crippen molar-refractivity contribution in [1.29, 1.82) is 0 Å². The molecule has 0 spiro atoms. The van der Waals surface area contributed by atoms with Gasteiger partial charge in [0, 0.05) is 28.6 Å². The lowest BCUT2D eigenvalue weighted by Crippen LogP contribution is -2.24. The van der Waals surface area contributed by atoms with E-state index in [9.17, 15) is 4.39 Å². The topological polar surface area (TPSA) is 35.2 Å². The molecule has 0 aromatic heterocycles. The van der Waals surface area contributed by atoms with Gasteiger partial charge in [0.05, 0.1) is 0 Å². The normalized spacial score (nSPS) is 21.6. The number of hydrogen-bond donors (Lipinski definition) is 1. The second kappa shape index (κ2) is 4.83. The minimum absolute atomic E-state index is 0.202. The summed E-state index contributed by atoms with van der Waals surface area (Å²) in [4.78, 5) is 0. The van der Waals surface area contributed by atoms with E-state index in [-0.39, 0.29) is 18.0 Å². The second-order valence-electron chi connectivity index (χ2n) is 4.65. The molecule has 0 aliphatic carbocycles. The number of halogens is 2. The summed E-state index contributed by atoms with van der Waals surface area (Å²) in [7, 11) is 0. The molecule has 2 nitrogen and oxygen atoms in total. The monoisotopic (exact) mass is 277 g/mol. The van der Waals surface area contributed by atoms with Crippen molar-refractivity contribution in [2.75, 3.05) is 0 Å². The molecule has 2 N–H and O–H groups in total. The molecule has 2 aromatic rings. The van der Waals surface area contributed by atoms with Gasteiger partial charge in [-0.2, -0.15) is 0 Å². The Kier molecular flexibility index (Phi) is 3.17. The fraction of sp³-hybridized carbons (Fsp3) is 0.200. The van der Waals surface area contributed by atoms with E-state index in [0.29, 0.717) is 22.8 Å². The SMILES string of the molecule is N[C@@H]1CC(c2ccccc2F)Oc2ccc(Cl)cc21. The number of hydrogen-bond acceptors (Lipinski definition) is 2. The van der Waals surface area contributed by atoms with Crippen LogP contribution in [0, 0.1) is 5.82 Å². The predicted molar refractivity (Wildman–Crippen MR) is 72.8 cm³/mol. The van der Waals surface area contributed by atoms with Gasteiger partial charge in [-0.15, -0.1) is 0 Å². The Hall–Kier alpha value is -1.58. The molecule has 0 bridgehead atoms. The zero-order valence-electron chi connectivity index (χ0n) is 10.1. The lowest BCUT2D eigenvalue weighted by Gasteiger charge is -2.30. The number of benzene rings is 2. The van der Waals surface area contributed by atoms with Crippen LogP contribution in [-0.2, 0) is 0 Å². The Morgan fingerprint density at radius 1 is 1.16 bits per heavy atom. The molecule has 2 atom stereocenters. The molecule has 1 aliphatic heterocycles. The van der Waals surface area contributed by atoms with Crippen molar-refractivity contribution in [3.05, 3.63) is 64.4 Å². The maximum absolute atomic E-state index is 13.8. The summed E-state index contributed by atoms with van der Waals surface area (Å²) in [5.74, 6) is 0.411. The van der Waals surface area contributed by atoms with Crippen molar-refractivity contribution in [2.24, 2.45) is 5.73 Å². The van der Waals surface area contributed by atoms with Gasteiger partial charge in [-0.3, -0.25) is 0 Å². The average Bonchev–Trinajstić information content (AvgIpc) is 2.40. The summed E-state index contributed by atoms with van der Waals surface area (Å²) in [6.45, 7) is 0. The molecule has 0 amide bonds. The highest BCUT2D eigenvalue weighted by molar-refractivity contribution is 6.30. The van der Waals surface area contributed by atoms with E-state index in [2.05, 4.69) is 0 Å². The average molecular weight is 278 g/mol. The van der Waals surface area contributed by atoms with E-state index in [4.69, 9.17) is 22.1 Å². The fourth-order valence-corrected chi connectivity index (χ4v) is 2.58. The van der Waals surface area contributed by atoms with Crippen molar-refractivity contribution in [2.45, 2.75) is 18.6 Å². The first-order valence-electron chi connectivity index (χ1n) is 6.11. The van der Waals surface area contributed by atoms with Crippen molar-refractivity contribution >= 4 is 11.6 Å². The van der Waals surface area contributed by atoms with Crippen LogP contribution in [0.5, 0.6) is 5.75 Å². The molecule has 1 aliphatic rings. The van der Waals surface area contributed by atoms with Gasteiger partial charge in [-0.05, 0) is 24.3 Å². The number of fused-ring (bicyclic) bond motifs is 1. The van der Waals surface area contributed by atoms with Gasteiger partial charge >= 0.3 is 0 Å². The van der Waals surface area contributed by atoms with Crippen LogP contribution in [0.1, 0.15) is 29.7 Å². The van der Waals surface area contributed by atoms with Crippen LogP contribution in [-0.4, -0.2) is 0 Å². The zero-order chi connectivity index (χ0) is 13.4. The maximum atomic E-state index is 13.8. The van der Waals surface area contributed by atoms with Gasteiger partial charge in [0.25, 0.3) is 0 Å². The number of ether oxygens (including phenoxy) is 1. The molecule has 19 heavy (non-hydrogen) atoms. The zero-order valence-corrected chi connectivity index (χ0v) is 10.9. The number of rotatable bonds is 1. The van der Waals surface area contributed by atoms with Gasteiger partial charge in [-0.1, -0.05) is 29.8 Å². The van der Waals surface area contributed by atoms with Crippen molar-refractivity contribution in [3.63, 3.8) is 0 Å². The molecule has 0 radical (unpaired) electrons.